The number of hydrogen-bond donors (Lipinski definition) is 2. The summed E-state index contributed by atoms with van der Waals surface area (Å²) in [5.41, 5.74) is 0.979. The summed E-state index contributed by atoms with van der Waals surface area (Å²) >= 11 is 0. The first-order valence-corrected chi connectivity index (χ1v) is 10.0. The predicted molar refractivity (Wildman–Crippen MR) is 114 cm³/mol. The molecule has 2 aromatic heterocycles. The van der Waals surface area contributed by atoms with Gasteiger partial charge in [-0.25, -0.2) is 4.98 Å². The predicted octanol–water partition coefficient (Wildman–Crippen LogP) is 2.63. The molecule has 1 aliphatic rings. The third-order valence-corrected chi connectivity index (χ3v) is 5.08. The lowest BCUT2D eigenvalue weighted by Gasteiger charge is -2.33. The molecule has 0 aliphatic carbocycles. The molecule has 1 fully saturated rings. The maximum atomic E-state index is 5.72. The number of nitrogens with zero attached hydrogens (tertiary/aromatic N) is 4. The van der Waals surface area contributed by atoms with Gasteiger partial charge in [-0.1, -0.05) is 12.5 Å². The van der Waals surface area contributed by atoms with Crippen LogP contribution in [0.2, 0.25) is 0 Å². The van der Waals surface area contributed by atoms with Crippen LogP contribution in [0.5, 0.6) is 0 Å². The zero-order valence-electron chi connectivity index (χ0n) is 17.2. The van der Waals surface area contributed by atoms with Crippen LogP contribution in [-0.4, -0.2) is 56.6 Å². The maximum Gasteiger partial charge on any atom is 0.191 e. The Kier molecular flexibility index (Phi) is 7.31. The van der Waals surface area contributed by atoms with Gasteiger partial charge in [0.15, 0.2) is 5.96 Å². The third kappa shape index (κ3) is 5.48. The summed E-state index contributed by atoms with van der Waals surface area (Å²) in [6, 6.07) is 10.3. The molecular weight excluding hydrogens is 352 g/mol. The first kappa shape index (κ1) is 20.2. The normalized spacial score (nSPS) is 16.6. The second kappa shape index (κ2) is 10.1. The Morgan fingerprint density at radius 3 is 2.68 bits per heavy atom. The van der Waals surface area contributed by atoms with E-state index in [0.29, 0.717) is 6.54 Å². The van der Waals surface area contributed by atoms with E-state index in [-0.39, 0.29) is 6.04 Å². The minimum Gasteiger partial charge on any atom is -0.468 e. The van der Waals surface area contributed by atoms with E-state index in [9.17, 15) is 0 Å². The van der Waals surface area contributed by atoms with Crippen LogP contribution in [0.1, 0.15) is 36.8 Å². The van der Waals surface area contributed by atoms with Crippen LogP contribution in [-0.2, 0) is 6.54 Å². The molecule has 0 aromatic carbocycles. The molecule has 7 heteroatoms. The number of rotatable bonds is 7. The van der Waals surface area contributed by atoms with Gasteiger partial charge in [0.2, 0.25) is 0 Å². The number of furan rings is 1. The van der Waals surface area contributed by atoms with E-state index in [1.165, 1.54) is 19.3 Å². The molecule has 0 bridgehead atoms. The lowest BCUT2D eigenvalue weighted by atomic mass is 10.1. The highest BCUT2D eigenvalue weighted by Crippen LogP contribution is 2.24. The van der Waals surface area contributed by atoms with Crippen molar-refractivity contribution < 1.29 is 4.42 Å². The summed E-state index contributed by atoms with van der Waals surface area (Å²) in [7, 11) is 5.78. The van der Waals surface area contributed by atoms with Gasteiger partial charge in [-0.15, -0.1) is 0 Å². The van der Waals surface area contributed by atoms with Gasteiger partial charge in [0, 0.05) is 27.7 Å². The molecule has 1 atom stereocenters. The lowest BCUT2D eigenvalue weighted by molar-refractivity contribution is 0.146. The van der Waals surface area contributed by atoms with Crippen molar-refractivity contribution in [2.75, 3.05) is 45.7 Å². The van der Waals surface area contributed by atoms with Gasteiger partial charge in [-0.2, -0.15) is 0 Å². The lowest BCUT2D eigenvalue weighted by Crippen LogP contribution is -2.44. The van der Waals surface area contributed by atoms with Gasteiger partial charge in [-0.3, -0.25) is 9.89 Å². The highest BCUT2D eigenvalue weighted by Gasteiger charge is 2.24. The molecule has 2 N–H and O–H groups in total. The van der Waals surface area contributed by atoms with Crippen molar-refractivity contribution in [2.45, 2.75) is 31.8 Å². The monoisotopic (exact) mass is 384 g/mol. The van der Waals surface area contributed by atoms with Gasteiger partial charge in [0.25, 0.3) is 0 Å². The SMILES string of the molecule is CN=C(NCc1cccc(N(C)C)n1)NCC(c1ccco1)N1CCCCC1. The van der Waals surface area contributed by atoms with E-state index in [0.717, 1.165) is 42.9 Å². The number of nitrogens with one attached hydrogen (secondary N) is 2. The summed E-state index contributed by atoms with van der Waals surface area (Å²) in [5.74, 6) is 2.72. The van der Waals surface area contributed by atoms with Crippen molar-refractivity contribution in [3.8, 4) is 0 Å². The van der Waals surface area contributed by atoms with Crippen molar-refractivity contribution in [1.29, 1.82) is 0 Å². The number of pyridine rings is 1. The van der Waals surface area contributed by atoms with Gasteiger partial charge in [0.1, 0.15) is 11.6 Å². The molecule has 2 aromatic rings. The van der Waals surface area contributed by atoms with Crippen LogP contribution < -0.4 is 15.5 Å². The fraction of sp³-hybridized carbons (Fsp3) is 0.524. The van der Waals surface area contributed by atoms with E-state index < -0.39 is 0 Å². The fourth-order valence-electron chi connectivity index (χ4n) is 3.52. The van der Waals surface area contributed by atoms with E-state index in [4.69, 9.17) is 4.42 Å². The van der Waals surface area contributed by atoms with Crippen molar-refractivity contribution in [3.63, 3.8) is 0 Å². The van der Waals surface area contributed by atoms with E-state index in [1.807, 2.05) is 43.3 Å². The first-order chi connectivity index (χ1) is 13.7. The van der Waals surface area contributed by atoms with Gasteiger partial charge in [-0.05, 0) is 50.2 Å². The number of piperidine rings is 1. The largest absolute Gasteiger partial charge is 0.468 e. The highest BCUT2D eigenvalue weighted by molar-refractivity contribution is 5.79. The Morgan fingerprint density at radius 1 is 1.18 bits per heavy atom. The molecule has 3 rings (SSSR count). The molecule has 0 saturated carbocycles. The number of anilines is 1. The van der Waals surface area contributed by atoms with E-state index in [2.05, 4.69) is 31.6 Å². The second-order valence-corrected chi connectivity index (χ2v) is 7.32. The molecule has 1 aliphatic heterocycles. The fourth-order valence-corrected chi connectivity index (χ4v) is 3.52. The van der Waals surface area contributed by atoms with E-state index in [1.54, 1.807) is 13.3 Å². The molecule has 152 valence electrons. The minimum absolute atomic E-state index is 0.212. The molecule has 1 unspecified atom stereocenters. The van der Waals surface area contributed by atoms with Crippen LogP contribution in [0, 0.1) is 0 Å². The van der Waals surface area contributed by atoms with Crippen molar-refractivity contribution in [3.05, 3.63) is 48.0 Å². The van der Waals surface area contributed by atoms with Crippen LogP contribution in [0.25, 0.3) is 0 Å². The average molecular weight is 385 g/mol. The Balaban J connectivity index is 1.58. The standard InChI is InChI=1S/C21H32N6O/c1-22-21(23-15-17-9-7-11-20(25-17)26(2)3)24-16-18(19-10-8-14-28-19)27-12-5-4-6-13-27/h7-11,14,18H,4-6,12-13,15-16H2,1-3H3,(H2,22,23,24). The molecule has 28 heavy (non-hydrogen) atoms. The maximum absolute atomic E-state index is 5.72. The highest BCUT2D eigenvalue weighted by atomic mass is 16.3. The second-order valence-electron chi connectivity index (χ2n) is 7.32. The van der Waals surface area contributed by atoms with Gasteiger partial charge >= 0.3 is 0 Å². The van der Waals surface area contributed by atoms with Crippen molar-refractivity contribution in [1.82, 2.24) is 20.5 Å². The molecule has 0 amide bonds. The average Bonchev–Trinajstić information content (AvgIpc) is 3.26. The molecule has 0 spiro atoms. The zero-order chi connectivity index (χ0) is 19.8. The number of guanidine groups is 1. The van der Waals surface area contributed by atoms with Gasteiger partial charge < -0.3 is 20.0 Å². The number of aromatic nitrogens is 1. The minimum atomic E-state index is 0.212. The molecule has 0 radical (unpaired) electrons. The number of likely N-dealkylation sites (tertiary alicyclic amines) is 1. The Bertz CT molecular complexity index is 737. The summed E-state index contributed by atoms with van der Waals surface area (Å²) in [6.45, 7) is 3.59. The topological polar surface area (TPSA) is 68.9 Å². The summed E-state index contributed by atoms with van der Waals surface area (Å²) in [4.78, 5) is 13.5. The van der Waals surface area contributed by atoms with Crippen molar-refractivity contribution >= 4 is 11.8 Å². The quantitative estimate of drug-likeness (QED) is 0.565. The Hall–Kier alpha value is -2.54. The molecule has 3 heterocycles. The summed E-state index contributed by atoms with van der Waals surface area (Å²) < 4.78 is 5.72. The molecule has 7 nitrogen and oxygen atoms in total. The third-order valence-electron chi connectivity index (χ3n) is 5.08. The Labute approximate surface area is 167 Å². The zero-order valence-corrected chi connectivity index (χ0v) is 17.2. The summed E-state index contributed by atoms with van der Waals surface area (Å²) in [5, 5.41) is 6.83. The van der Waals surface area contributed by atoms with Crippen LogP contribution in [0.4, 0.5) is 5.82 Å². The molecule has 1 saturated heterocycles. The first-order valence-electron chi connectivity index (χ1n) is 10.0. The number of hydrogen-bond acceptors (Lipinski definition) is 5. The Morgan fingerprint density at radius 2 is 2.00 bits per heavy atom. The van der Waals surface area contributed by atoms with Gasteiger partial charge in [0.05, 0.1) is 24.5 Å². The van der Waals surface area contributed by atoms with Crippen LogP contribution >= 0.6 is 0 Å². The van der Waals surface area contributed by atoms with E-state index >= 15 is 0 Å². The smallest absolute Gasteiger partial charge is 0.191 e. The molecular formula is C21H32N6O. The summed E-state index contributed by atoms with van der Waals surface area (Å²) in [6.07, 6.45) is 5.57. The van der Waals surface area contributed by atoms with Crippen LogP contribution in [0.3, 0.4) is 0 Å². The number of aliphatic imine (C=N–C) groups is 1. The van der Waals surface area contributed by atoms with Crippen molar-refractivity contribution in [2.24, 2.45) is 4.99 Å². The van der Waals surface area contributed by atoms with Crippen LogP contribution in [0.15, 0.2) is 46.0 Å².